The van der Waals surface area contributed by atoms with Gasteiger partial charge in [0, 0.05) is 5.69 Å². The number of hydrogen-bond donors (Lipinski definition) is 1. The molecule has 0 radical (unpaired) electrons. The van der Waals surface area contributed by atoms with Crippen molar-refractivity contribution in [2.75, 3.05) is 12.3 Å². The average molecular weight is 223 g/mol. The Kier molecular flexibility index (Phi) is 4.17. The van der Waals surface area contributed by atoms with Crippen LogP contribution in [0.4, 0.5) is 5.69 Å². The van der Waals surface area contributed by atoms with E-state index in [4.69, 9.17) is 15.2 Å². The highest BCUT2D eigenvalue weighted by atomic mass is 16.5. The number of carbonyl (C=O) groups is 1. The highest BCUT2D eigenvalue weighted by Crippen LogP contribution is 2.23. The summed E-state index contributed by atoms with van der Waals surface area (Å²) in [6.07, 6.45) is -0.00296. The number of rotatable bonds is 4. The van der Waals surface area contributed by atoms with Gasteiger partial charge in [-0.1, -0.05) is 0 Å². The lowest BCUT2D eigenvalue weighted by atomic mass is 10.2. The fraction of sp³-hybridized carbons (Fsp3) is 0.417. The summed E-state index contributed by atoms with van der Waals surface area (Å²) >= 11 is 0. The van der Waals surface area contributed by atoms with Crippen LogP contribution in [0.2, 0.25) is 0 Å². The van der Waals surface area contributed by atoms with Crippen molar-refractivity contribution >= 4 is 11.7 Å². The van der Waals surface area contributed by atoms with Crippen molar-refractivity contribution in [3.8, 4) is 5.75 Å². The topological polar surface area (TPSA) is 61.5 Å². The van der Waals surface area contributed by atoms with E-state index < -0.39 is 5.97 Å². The highest BCUT2D eigenvalue weighted by Gasteiger charge is 2.14. The summed E-state index contributed by atoms with van der Waals surface area (Å²) in [5, 5.41) is 0. The fourth-order valence-electron chi connectivity index (χ4n) is 1.27. The van der Waals surface area contributed by atoms with Crippen molar-refractivity contribution in [3.63, 3.8) is 0 Å². The third kappa shape index (κ3) is 3.15. The zero-order valence-corrected chi connectivity index (χ0v) is 9.82. The largest absolute Gasteiger partial charge is 0.490 e. The van der Waals surface area contributed by atoms with Gasteiger partial charge in [0.15, 0.2) is 0 Å². The maximum Gasteiger partial charge on any atom is 0.341 e. The van der Waals surface area contributed by atoms with Crippen molar-refractivity contribution in [2.45, 2.75) is 26.9 Å². The lowest BCUT2D eigenvalue weighted by molar-refractivity contribution is 0.0520. The standard InChI is InChI=1S/C12H17NO3/c1-4-15-12(14)10-7-9(13)5-6-11(10)16-8(2)3/h5-8H,4,13H2,1-3H3. The summed E-state index contributed by atoms with van der Waals surface area (Å²) < 4.78 is 10.4. The van der Waals surface area contributed by atoms with E-state index in [9.17, 15) is 4.79 Å². The number of benzene rings is 1. The van der Waals surface area contributed by atoms with Gasteiger partial charge < -0.3 is 15.2 Å². The molecule has 0 atom stereocenters. The van der Waals surface area contributed by atoms with Gasteiger partial charge in [0.1, 0.15) is 11.3 Å². The Morgan fingerprint density at radius 1 is 1.44 bits per heavy atom. The summed E-state index contributed by atoms with van der Waals surface area (Å²) in [7, 11) is 0. The second kappa shape index (κ2) is 5.39. The molecular formula is C12H17NO3. The first kappa shape index (κ1) is 12.4. The Hall–Kier alpha value is -1.71. The molecule has 88 valence electrons. The van der Waals surface area contributed by atoms with E-state index in [0.717, 1.165) is 0 Å². The Bertz CT molecular complexity index is 375. The summed E-state index contributed by atoms with van der Waals surface area (Å²) in [5.74, 6) is 0.0908. The lowest BCUT2D eigenvalue weighted by Crippen LogP contribution is -2.12. The smallest absolute Gasteiger partial charge is 0.341 e. The van der Waals surface area contributed by atoms with Crippen LogP contribution < -0.4 is 10.5 Å². The van der Waals surface area contributed by atoms with Gasteiger partial charge >= 0.3 is 5.97 Å². The molecule has 0 saturated carbocycles. The molecule has 0 aliphatic carbocycles. The van der Waals surface area contributed by atoms with Gasteiger partial charge in [0.2, 0.25) is 0 Å². The van der Waals surface area contributed by atoms with Crippen molar-refractivity contribution in [2.24, 2.45) is 0 Å². The van der Waals surface area contributed by atoms with Crippen molar-refractivity contribution in [1.82, 2.24) is 0 Å². The van der Waals surface area contributed by atoms with E-state index in [2.05, 4.69) is 0 Å². The summed E-state index contributed by atoms with van der Waals surface area (Å²) in [4.78, 5) is 11.6. The van der Waals surface area contributed by atoms with Crippen LogP contribution in [0.3, 0.4) is 0 Å². The minimum Gasteiger partial charge on any atom is -0.490 e. The third-order valence-electron chi connectivity index (χ3n) is 1.86. The second-order valence-electron chi connectivity index (χ2n) is 3.64. The molecule has 0 heterocycles. The lowest BCUT2D eigenvalue weighted by Gasteiger charge is -2.13. The molecule has 0 unspecified atom stereocenters. The van der Waals surface area contributed by atoms with E-state index in [1.54, 1.807) is 25.1 Å². The van der Waals surface area contributed by atoms with Crippen molar-refractivity contribution < 1.29 is 14.3 Å². The number of ether oxygens (including phenoxy) is 2. The summed E-state index contributed by atoms with van der Waals surface area (Å²) in [6, 6.07) is 4.94. The number of esters is 1. The van der Waals surface area contributed by atoms with Crippen LogP contribution in [0.1, 0.15) is 31.1 Å². The van der Waals surface area contributed by atoms with Crippen LogP contribution in [0.25, 0.3) is 0 Å². The molecule has 0 saturated heterocycles. The number of anilines is 1. The van der Waals surface area contributed by atoms with Gasteiger partial charge in [0.25, 0.3) is 0 Å². The molecule has 1 aromatic rings. The molecule has 0 amide bonds. The zero-order valence-electron chi connectivity index (χ0n) is 9.82. The van der Waals surface area contributed by atoms with Crippen LogP contribution in [-0.4, -0.2) is 18.7 Å². The van der Waals surface area contributed by atoms with E-state index in [1.807, 2.05) is 13.8 Å². The molecule has 0 spiro atoms. The molecule has 1 rings (SSSR count). The molecule has 1 aromatic carbocycles. The number of nitrogens with two attached hydrogens (primary N) is 1. The van der Waals surface area contributed by atoms with E-state index in [1.165, 1.54) is 0 Å². The minimum absolute atomic E-state index is 0.00296. The Morgan fingerprint density at radius 3 is 2.69 bits per heavy atom. The molecule has 16 heavy (non-hydrogen) atoms. The Balaban J connectivity index is 3.02. The molecule has 4 heteroatoms. The van der Waals surface area contributed by atoms with Crippen LogP contribution >= 0.6 is 0 Å². The first-order valence-corrected chi connectivity index (χ1v) is 5.28. The average Bonchev–Trinajstić information content (AvgIpc) is 2.20. The van der Waals surface area contributed by atoms with E-state index in [0.29, 0.717) is 23.6 Å². The number of hydrogen-bond acceptors (Lipinski definition) is 4. The highest BCUT2D eigenvalue weighted by molar-refractivity contribution is 5.93. The monoisotopic (exact) mass is 223 g/mol. The third-order valence-corrected chi connectivity index (χ3v) is 1.86. The Labute approximate surface area is 95.3 Å². The predicted octanol–water partition coefficient (Wildman–Crippen LogP) is 2.23. The molecule has 4 nitrogen and oxygen atoms in total. The molecule has 0 aromatic heterocycles. The van der Waals surface area contributed by atoms with Crippen molar-refractivity contribution in [1.29, 1.82) is 0 Å². The first-order valence-electron chi connectivity index (χ1n) is 5.28. The molecule has 0 aliphatic rings. The van der Waals surface area contributed by atoms with Gasteiger partial charge in [-0.2, -0.15) is 0 Å². The predicted molar refractivity (Wildman–Crippen MR) is 62.6 cm³/mol. The zero-order chi connectivity index (χ0) is 12.1. The SMILES string of the molecule is CCOC(=O)c1cc(N)ccc1OC(C)C. The van der Waals surface area contributed by atoms with Gasteiger partial charge in [-0.15, -0.1) is 0 Å². The van der Waals surface area contributed by atoms with Crippen LogP contribution in [0, 0.1) is 0 Å². The van der Waals surface area contributed by atoms with E-state index in [-0.39, 0.29) is 6.10 Å². The molecular weight excluding hydrogens is 206 g/mol. The molecule has 0 bridgehead atoms. The quantitative estimate of drug-likeness (QED) is 0.628. The maximum absolute atomic E-state index is 11.6. The van der Waals surface area contributed by atoms with Crippen molar-refractivity contribution in [3.05, 3.63) is 23.8 Å². The van der Waals surface area contributed by atoms with E-state index >= 15 is 0 Å². The minimum atomic E-state index is -0.412. The molecule has 2 N–H and O–H groups in total. The molecule has 0 fully saturated rings. The normalized spacial score (nSPS) is 10.2. The fourth-order valence-corrected chi connectivity index (χ4v) is 1.27. The van der Waals surface area contributed by atoms with Gasteiger partial charge in [-0.05, 0) is 39.0 Å². The van der Waals surface area contributed by atoms with Gasteiger partial charge in [0.05, 0.1) is 12.7 Å². The van der Waals surface area contributed by atoms with Crippen LogP contribution in [0.15, 0.2) is 18.2 Å². The summed E-state index contributed by atoms with van der Waals surface area (Å²) in [6.45, 7) is 5.87. The Morgan fingerprint density at radius 2 is 2.12 bits per heavy atom. The van der Waals surface area contributed by atoms with Crippen LogP contribution in [-0.2, 0) is 4.74 Å². The molecule has 0 aliphatic heterocycles. The van der Waals surface area contributed by atoms with Gasteiger partial charge in [-0.3, -0.25) is 0 Å². The second-order valence-corrected chi connectivity index (χ2v) is 3.64. The van der Waals surface area contributed by atoms with Crippen LogP contribution in [0.5, 0.6) is 5.75 Å². The maximum atomic E-state index is 11.6. The number of nitrogen functional groups attached to an aromatic ring is 1. The van der Waals surface area contributed by atoms with Gasteiger partial charge in [-0.25, -0.2) is 4.79 Å². The summed E-state index contributed by atoms with van der Waals surface area (Å²) in [5.41, 5.74) is 6.51. The number of carbonyl (C=O) groups excluding carboxylic acids is 1. The first-order chi connectivity index (χ1) is 7.54.